The van der Waals surface area contributed by atoms with E-state index in [1.807, 2.05) is 36.7 Å². The fraction of sp³-hybridized carbons (Fsp3) is 0.487. The van der Waals surface area contributed by atoms with E-state index in [9.17, 15) is 9.59 Å². The van der Waals surface area contributed by atoms with Crippen molar-refractivity contribution in [2.75, 3.05) is 72.9 Å². The summed E-state index contributed by atoms with van der Waals surface area (Å²) in [6.07, 6.45) is 11.3. The summed E-state index contributed by atoms with van der Waals surface area (Å²) in [5.74, 6) is 1.18. The fourth-order valence-corrected chi connectivity index (χ4v) is 8.04. The highest BCUT2D eigenvalue weighted by Crippen LogP contribution is 2.30. The molecule has 2 N–H and O–H groups in total. The molecule has 3 aliphatic heterocycles. The maximum absolute atomic E-state index is 13.3. The smallest absolute Gasteiger partial charge is 0.274 e. The minimum absolute atomic E-state index is 0.171. The summed E-state index contributed by atoms with van der Waals surface area (Å²) >= 11 is 0. The molecule has 0 amide bonds. The van der Waals surface area contributed by atoms with Crippen molar-refractivity contribution in [3.05, 3.63) is 81.9 Å². The second kappa shape index (κ2) is 14.4. The summed E-state index contributed by atoms with van der Waals surface area (Å²) in [5, 5.41) is 6.50. The zero-order valence-electron chi connectivity index (χ0n) is 30.7. The summed E-state index contributed by atoms with van der Waals surface area (Å²) in [4.78, 5) is 45.9. The molecule has 4 aromatic heterocycles. The lowest BCUT2D eigenvalue weighted by atomic mass is 9.90. The second-order valence-corrected chi connectivity index (χ2v) is 15.0. The monoisotopic (exact) mass is 706 g/mol. The maximum Gasteiger partial charge on any atom is 0.274 e. The Morgan fingerprint density at radius 3 is 1.52 bits per heavy atom. The van der Waals surface area contributed by atoms with Gasteiger partial charge >= 0.3 is 0 Å². The lowest BCUT2D eigenvalue weighted by Crippen LogP contribution is -2.59. The first-order chi connectivity index (χ1) is 25.2. The van der Waals surface area contributed by atoms with Crippen molar-refractivity contribution in [3.63, 3.8) is 0 Å². The van der Waals surface area contributed by atoms with Gasteiger partial charge in [-0.3, -0.25) is 19.4 Å². The van der Waals surface area contributed by atoms with Gasteiger partial charge in [0.1, 0.15) is 23.0 Å². The van der Waals surface area contributed by atoms with Gasteiger partial charge in [0.25, 0.3) is 11.1 Å². The number of rotatable bonds is 9. The molecule has 2 atom stereocenters. The Hall–Kier alpha value is -4.72. The molecule has 1 saturated carbocycles. The lowest BCUT2D eigenvalue weighted by molar-refractivity contribution is -0.0691. The number of nitrogens with one attached hydrogen (secondary N) is 2. The zero-order valence-corrected chi connectivity index (χ0v) is 30.7. The highest BCUT2D eigenvalue weighted by Gasteiger charge is 2.33. The van der Waals surface area contributed by atoms with Crippen LogP contribution in [-0.2, 0) is 18.8 Å². The molecule has 3 saturated heterocycles. The van der Waals surface area contributed by atoms with Crippen LogP contribution in [0.1, 0.15) is 33.1 Å². The molecule has 1 aliphatic carbocycles. The molecule has 4 aromatic rings. The Balaban J connectivity index is 0.957. The Morgan fingerprint density at radius 2 is 1.15 bits per heavy atom. The van der Waals surface area contributed by atoms with Gasteiger partial charge in [-0.1, -0.05) is 6.42 Å². The summed E-state index contributed by atoms with van der Waals surface area (Å²) in [5.41, 5.74) is 4.17. The average molecular weight is 707 g/mol. The van der Waals surface area contributed by atoms with Crippen LogP contribution in [0.2, 0.25) is 0 Å². The van der Waals surface area contributed by atoms with E-state index in [0.29, 0.717) is 41.1 Å². The summed E-state index contributed by atoms with van der Waals surface area (Å²) in [7, 11) is 3.46. The Morgan fingerprint density at radius 1 is 0.673 bits per heavy atom. The van der Waals surface area contributed by atoms with Crippen molar-refractivity contribution in [1.82, 2.24) is 28.9 Å². The van der Waals surface area contributed by atoms with Crippen molar-refractivity contribution in [3.8, 4) is 11.1 Å². The molecule has 0 aromatic carbocycles. The molecule has 0 radical (unpaired) electrons. The van der Waals surface area contributed by atoms with E-state index in [2.05, 4.69) is 61.2 Å². The number of ether oxygens (including phenoxy) is 1. The van der Waals surface area contributed by atoms with Gasteiger partial charge in [-0.05, 0) is 63.1 Å². The van der Waals surface area contributed by atoms with E-state index in [1.165, 1.54) is 19.3 Å². The van der Waals surface area contributed by atoms with Crippen molar-refractivity contribution < 1.29 is 4.74 Å². The Bertz CT molecular complexity index is 1860. The minimum atomic E-state index is -0.175. The average Bonchev–Trinajstić information content (AvgIpc) is 3.08. The number of hydrogen-bond acceptors (Lipinski definition) is 11. The van der Waals surface area contributed by atoms with Crippen LogP contribution in [0.3, 0.4) is 0 Å². The first-order valence-corrected chi connectivity index (χ1v) is 18.7. The number of aromatic nitrogens is 4. The molecule has 13 nitrogen and oxygen atoms in total. The van der Waals surface area contributed by atoms with Crippen LogP contribution in [0.5, 0.6) is 0 Å². The van der Waals surface area contributed by atoms with Crippen molar-refractivity contribution in [2.45, 2.75) is 57.3 Å². The zero-order chi connectivity index (χ0) is 35.9. The fourth-order valence-electron chi connectivity index (χ4n) is 8.04. The first kappa shape index (κ1) is 34.4. The van der Waals surface area contributed by atoms with Crippen molar-refractivity contribution in [2.24, 2.45) is 14.1 Å². The van der Waals surface area contributed by atoms with Gasteiger partial charge in [-0.15, -0.1) is 0 Å². The van der Waals surface area contributed by atoms with E-state index < -0.39 is 0 Å². The largest absolute Gasteiger partial charge is 0.378 e. The van der Waals surface area contributed by atoms with Crippen LogP contribution < -0.4 is 31.6 Å². The number of piperazine rings is 2. The Kier molecular flexibility index (Phi) is 9.49. The number of anilines is 6. The molecule has 7 heterocycles. The summed E-state index contributed by atoms with van der Waals surface area (Å²) < 4.78 is 8.49. The standard InChI is InChI=1S/C39H50N10O3/c1-26-20-46(30-6-5-7-30)12-14-48(26)31-8-10-36(40-18-31)42-34-16-28(22-44(3)38(34)50)29-17-35(39(51)45(4)23-29)43-37-11-9-32(19-41-37)49-15-13-47(21-27(49)2)33-24-52-25-33/h8-11,16-19,22-23,26-27,30,33H,5-7,12-15,20-21,24-25H2,1-4H3,(H,40,42)(H,41,43)/t26-,27-/m0/s1. The van der Waals surface area contributed by atoms with Crippen LogP contribution in [0.25, 0.3) is 11.1 Å². The van der Waals surface area contributed by atoms with E-state index in [4.69, 9.17) is 9.72 Å². The molecule has 0 spiro atoms. The highest BCUT2D eigenvalue weighted by atomic mass is 16.5. The molecule has 274 valence electrons. The third kappa shape index (κ3) is 6.92. The van der Waals surface area contributed by atoms with Gasteiger partial charge in [-0.2, -0.15) is 0 Å². The molecule has 52 heavy (non-hydrogen) atoms. The molecular weight excluding hydrogens is 656 g/mol. The molecule has 4 aliphatic rings. The normalized spacial score (nSPS) is 21.8. The van der Waals surface area contributed by atoms with E-state index >= 15 is 0 Å². The van der Waals surface area contributed by atoms with Gasteiger partial charge in [-0.25, -0.2) is 9.97 Å². The van der Waals surface area contributed by atoms with E-state index in [1.54, 1.807) is 35.6 Å². The predicted molar refractivity (Wildman–Crippen MR) is 206 cm³/mol. The summed E-state index contributed by atoms with van der Waals surface area (Å²) in [6, 6.07) is 13.7. The molecule has 0 unspecified atom stereocenters. The van der Waals surface area contributed by atoms with Crippen molar-refractivity contribution in [1.29, 1.82) is 0 Å². The van der Waals surface area contributed by atoms with Crippen LogP contribution >= 0.6 is 0 Å². The van der Waals surface area contributed by atoms with E-state index in [0.717, 1.165) is 81.0 Å². The topological polar surface area (TPSA) is 116 Å². The van der Waals surface area contributed by atoms with E-state index in [-0.39, 0.29) is 11.1 Å². The van der Waals surface area contributed by atoms with Gasteiger partial charge in [0.05, 0.1) is 43.0 Å². The maximum atomic E-state index is 13.3. The molecular formula is C39H50N10O3. The number of pyridine rings is 4. The summed E-state index contributed by atoms with van der Waals surface area (Å²) in [6.45, 7) is 12.3. The SMILES string of the molecule is C[C@H]1CN(C2CCC2)CCN1c1ccc(Nc2cc(-c3cc(Nc4ccc(N5CCN(C6COC6)C[C@@H]5C)cn4)c(=O)n(C)c3)cn(C)c2=O)nc1. The molecule has 13 heteroatoms. The minimum Gasteiger partial charge on any atom is -0.378 e. The number of aryl methyl sites for hydroxylation is 2. The van der Waals surface area contributed by atoms with Crippen molar-refractivity contribution >= 4 is 34.4 Å². The van der Waals surface area contributed by atoms with Crippen LogP contribution in [0.4, 0.5) is 34.4 Å². The van der Waals surface area contributed by atoms with Gasteiger partial charge in [0.15, 0.2) is 0 Å². The van der Waals surface area contributed by atoms with Gasteiger partial charge in [0, 0.05) is 95.0 Å². The molecule has 4 fully saturated rings. The third-order valence-corrected chi connectivity index (χ3v) is 11.4. The molecule has 8 rings (SSSR count). The van der Waals surface area contributed by atoms with Crippen LogP contribution in [-0.4, -0.2) is 106 Å². The van der Waals surface area contributed by atoms with Gasteiger partial charge < -0.3 is 34.3 Å². The number of nitrogens with zero attached hydrogens (tertiary/aromatic N) is 8. The highest BCUT2D eigenvalue weighted by molar-refractivity contribution is 5.72. The van der Waals surface area contributed by atoms with Gasteiger partial charge in [0.2, 0.25) is 0 Å². The quantitative estimate of drug-likeness (QED) is 0.263. The first-order valence-electron chi connectivity index (χ1n) is 18.7. The van der Waals surface area contributed by atoms with Crippen LogP contribution in [0, 0.1) is 0 Å². The number of hydrogen-bond donors (Lipinski definition) is 2. The second-order valence-electron chi connectivity index (χ2n) is 15.0. The molecule has 0 bridgehead atoms. The lowest BCUT2D eigenvalue weighted by Gasteiger charge is -2.46. The third-order valence-electron chi connectivity index (χ3n) is 11.4. The Labute approximate surface area is 304 Å². The predicted octanol–water partition coefficient (Wildman–Crippen LogP) is 4.00. The van der Waals surface area contributed by atoms with Crippen LogP contribution in [0.15, 0.2) is 70.8 Å².